The van der Waals surface area contributed by atoms with Gasteiger partial charge in [0, 0.05) is 32.5 Å². The number of ketones is 1. The zero-order valence-corrected chi connectivity index (χ0v) is 11.0. The second-order valence-corrected chi connectivity index (χ2v) is 3.80. The van der Waals surface area contributed by atoms with E-state index in [1.165, 1.54) is 5.56 Å². The number of hydrogen-bond acceptors (Lipinski definition) is 2. The van der Waals surface area contributed by atoms with Crippen molar-refractivity contribution < 1.29 is 4.79 Å². The minimum atomic E-state index is 0. The molecule has 2 nitrogen and oxygen atoms in total. The molecule has 82 valence electrons. The molecule has 0 aliphatic carbocycles. The summed E-state index contributed by atoms with van der Waals surface area (Å²) in [6.45, 7) is 2.83. The smallest absolute Gasteiger partial charge is 0.135 e. The summed E-state index contributed by atoms with van der Waals surface area (Å²) in [5.41, 5.74) is 1.34. The van der Waals surface area contributed by atoms with Crippen LogP contribution < -0.4 is 0 Å². The van der Waals surface area contributed by atoms with Crippen molar-refractivity contribution in [3.8, 4) is 0 Å². The SMILES string of the molecule is I.O=C1CCN(Cc2ccccc2)CC1. The van der Waals surface area contributed by atoms with Crippen LogP contribution in [-0.2, 0) is 11.3 Å². The van der Waals surface area contributed by atoms with E-state index in [9.17, 15) is 4.79 Å². The Bertz CT molecular complexity index is 303. The first-order valence-corrected chi connectivity index (χ1v) is 5.12. The van der Waals surface area contributed by atoms with E-state index >= 15 is 0 Å². The van der Waals surface area contributed by atoms with Crippen molar-refractivity contribution >= 4 is 29.8 Å². The summed E-state index contributed by atoms with van der Waals surface area (Å²) >= 11 is 0. The lowest BCUT2D eigenvalue weighted by Crippen LogP contribution is -2.33. The predicted molar refractivity (Wildman–Crippen MR) is 71.4 cm³/mol. The normalized spacial score (nSPS) is 17.2. The monoisotopic (exact) mass is 317 g/mol. The number of halogens is 1. The summed E-state index contributed by atoms with van der Waals surface area (Å²) in [7, 11) is 0. The van der Waals surface area contributed by atoms with Gasteiger partial charge in [-0.25, -0.2) is 0 Å². The van der Waals surface area contributed by atoms with Crippen LogP contribution >= 0.6 is 24.0 Å². The average Bonchev–Trinajstić information content (AvgIpc) is 2.23. The third kappa shape index (κ3) is 3.91. The van der Waals surface area contributed by atoms with Crippen molar-refractivity contribution in [2.45, 2.75) is 19.4 Å². The third-order valence-corrected chi connectivity index (χ3v) is 2.66. The van der Waals surface area contributed by atoms with E-state index in [1.807, 2.05) is 6.07 Å². The van der Waals surface area contributed by atoms with E-state index in [4.69, 9.17) is 0 Å². The highest BCUT2D eigenvalue weighted by Crippen LogP contribution is 2.10. The van der Waals surface area contributed by atoms with Gasteiger partial charge in [-0.3, -0.25) is 9.69 Å². The molecule has 0 N–H and O–H groups in total. The summed E-state index contributed by atoms with van der Waals surface area (Å²) in [5, 5.41) is 0. The van der Waals surface area contributed by atoms with Gasteiger partial charge in [-0.1, -0.05) is 30.3 Å². The molecule has 0 spiro atoms. The minimum Gasteiger partial charge on any atom is -0.300 e. The Hall–Kier alpha value is -0.420. The second kappa shape index (κ2) is 6.23. The van der Waals surface area contributed by atoms with E-state index in [2.05, 4.69) is 29.2 Å². The van der Waals surface area contributed by atoms with Gasteiger partial charge in [0.15, 0.2) is 0 Å². The molecule has 1 heterocycles. The first-order valence-electron chi connectivity index (χ1n) is 5.12. The van der Waals surface area contributed by atoms with E-state index in [0.717, 1.165) is 32.5 Å². The second-order valence-electron chi connectivity index (χ2n) is 3.80. The van der Waals surface area contributed by atoms with Gasteiger partial charge in [0.25, 0.3) is 0 Å². The van der Waals surface area contributed by atoms with Crippen molar-refractivity contribution in [1.82, 2.24) is 4.90 Å². The van der Waals surface area contributed by atoms with Crippen molar-refractivity contribution in [3.63, 3.8) is 0 Å². The zero-order chi connectivity index (χ0) is 9.80. The van der Waals surface area contributed by atoms with Gasteiger partial charge in [-0.15, -0.1) is 24.0 Å². The van der Waals surface area contributed by atoms with Crippen LogP contribution in [-0.4, -0.2) is 23.8 Å². The molecule has 1 aliphatic rings. The number of benzene rings is 1. The van der Waals surface area contributed by atoms with E-state index in [-0.39, 0.29) is 24.0 Å². The van der Waals surface area contributed by atoms with Crippen LogP contribution in [0.25, 0.3) is 0 Å². The summed E-state index contributed by atoms with van der Waals surface area (Å²) in [4.78, 5) is 13.4. The molecule has 1 fully saturated rings. The predicted octanol–water partition coefficient (Wildman–Crippen LogP) is 2.47. The van der Waals surface area contributed by atoms with Gasteiger partial charge in [-0.05, 0) is 5.56 Å². The number of nitrogens with zero attached hydrogens (tertiary/aromatic N) is 1. The summed E-state index contributed by atoms with van der Waals surface area (Å²) in [5.74, 6) is 0.411. The molecule has 2 rings (SSSR count). The van der Waals surface area contributed by atoms with Crippen LogP contribution in [0.15, 0.2) is 30.3 Å². The standard InChI is InChI=1S/C12H15NO.HI/c14-12-6-8-13(9-7-12)10-11-4-2-1-3-5-11;/h1-5H,6-10H2;1H. The van der Waals surface area contributed by atoms with Crippen molar-refractivity contribution in [1.29, 1.82) is 0 Å². The van der Waals surface area contributed by atoms with Crippen LogP contribution in [0.4, 0.5) is 0 Å². The fraction of sp³-hybridized carbons (Fsp3) is 0.417. The number of Topliss-reactive ketones (excluding diaryl/α,β-unsaturated/α-hetero) is 1. The molecular weight excluding hydrogens is 301 g/mol. The van der Waals surface area contributed by atoms with Gasteiger partial charge in [-0.2, -0.15) is 0 Å². The molecule has 0 aromatic heterocycles. The largest absolute Gasteiger partial charge is 0.300 e. The Morgan fingerprint density at radius 1 is 1.07 bits per heavy atom. The molecule has 0 atom stereocenters. The Labute approximate surface area is 108 Å². The molecular formula is C12H16INO. The number of carbonyl (C=O) groups is 1. The third-order valence-electron chi connectivity index (χ3n) is 2.66. The molecule has 0 bridgehead atoms. The molecule has 3 heteroatoms. The number of piperidine rings is 1. The van der Waals surface area contributed by atoms with Gasteiger partial charge in [0.1, 0.15) is 5.78 Å². The summed E-state index contributed by atoms with van der Waals surface area (Å²) < 4.78 is 0. The van der Waals surface area contributed by atoms with Crippen LogP contribution in [0.3, 0.4) is 0 Å². The van der Waals surface area contributed by atoms with Gasteiger partial charge >= 0.3 is 0 Å². The molecule has 15 heavy (non-hydrogen) atoms. The lowest BCUT2D eigenvalue weighted by molar-refractivity contribution is -0.121. The molecule has 1 saturated heterocycles. The highest BCUT2D eigenvalue weighted by molar-refractivity contribution is 14.0. The highest BCUT2D eigenvalue weighted by atomic mass is 127. The van der Waals surface area contributed by atoms with Gasteiger partial charge in [0.2, 0.25) is 0 Å². The van der Waals surface area contributed by atoms with Crippen LogP contribution in [0, 0.1) is 0 Å². The van der Waals surface area contributed by atoms with Crippen LogP contribution in [0.2, 0.25) is 0 Å². The topological polar surface area (TPSA) is 20.3 Å². The molecule has 1 aromatic rings. The molecule has 1 aliphatic heterocycles. The molecule has 0 amide bonds. The number of hydrogen-bond donors (Lipinski definition) is 0. The highest BCUT2D eigenvalue weighted by Gasteiger charge is 2.15. The Kier molecular flexibility index (Phi) is 5.25. The Morgan fingerprint density at radius 2 is 1.67 bits per heavy atom. The zero-order valence-electron chi connectivity index (χ0n) is 8.69. The van der Waals surface area contributed by atoms with E-state index < -0.39 is 0 Å². The maximum absolute atomic E-state index is 11.0. The first-order chi connectivity index (χ1) is 6.84. The molecule has 1 aromatic carbocycles. The fourth-order valence-corrected chi connectivity index (χ4v) is 1.80. The van der Waals surface area contributed by atoms with Crippen molar-refractivity contribution in [3.05, 3.63) is 35.9 Å². The molecule has 0 saturated carbocycles. The van der Waals surface area contributed by atoms with E-state index in [0.29, 0.717) is 5.78 Å². The lowest BCUT2D eigenvalue weighted by atomic mass is 10.1. The van der Waals surface area contributed by atoms with E-state index in [1.54, 1.807) is 0 Å². The van der Waals surface area contributed by atoms with Crippen LogP contribution in [0.1, 0.15) is 18.4 Å². The molecule has 0 radical (unpaired) electrons. The lowest BCUT2D eigenvalue weighted by Gasteiger charge is -2.25. The fourth-order valence-electron chi connectivity index (χ4n) is 1.80. The van der Waals surface area contributed by atoms with Crippen LogP contribution in [0.5, 0.6) is 0 Å². The Morgan fingerprint density at radius 3 is 2.27 bits per heavy atom. The molecule has 0 unspecified atom stereocenters. The average molecular weight is 317 g/mol. The van der Waals surface area contributed by atoms with Gasteiger partial charge in [0.05, 0.1) is 0 Å². The number of rotatable bonds is 2. The summed E-state index contributed by atoms with van der Waals surface area (Å²) in [6, 6.07) is 10.4. The maximum Gasteiger partial charge on any atom is 0.135 e. The summed E-state index contributed by atoms with van der Waals surface area (Å²) in [6.07, 6.45) is 1.46. The number of carbonyl (C=O) groups excluding carboxylic acids is 1. The van der Waals surface area contributed by atoms with Crippen molar-refractivity contribution in [2.75, 3.05) is 13.1 Å². The minimum absolute atomic E-state index is 0. The first kappa shape index (κ1) is 12.6. The maximum atomic E-state index is 11.0. The Balaban J connectivity index is 0.00000112. The number of likely N-dealkylation sites (tertiary alicyclic amines) is 1. The van der Waals surface area contributed by atoms with Gasteiger partial charge < -0.3 is 0 Å². The quantitative estimate of drug-likeness (QED) is 0.781. The van der Waals surface area contributed by atoms with Crippen molar-refractivity contribution in [2.24, 2.45) is 0 Å².